The summed E-state index contributed by atoms with van der Waals surface area (Å²) in [6.45, 7) is 0.743. The van der Waals surface area contributed by atoms with Crippen molar-refractivity contribution < 1.29 is 9.13 Å². The number of ether oxygens (including phenoxy) is 1. The molecule has 1 fully saturated rings. The molecule has 0 aliphatic heterocycles. The average Bonchev–Trinajstić information content (AvgIpc) is 3.04. The van der Waals surface area contributed by atoms with Crippen LogP contribution in [0.25, 0.3) is 0 Å². The molecule has 2 rings (SSSR count). The standard InChI is InChI=1S/C12H15ClFNO/c1-16-6-9-10(13)4-8(5-11(9)14)12(7-15)2-3-12/h4-5H,2-3,6-7,15H2,1H3. The van der Waals surface area contributed by atoms with Gasteiger partial charge in [0.15, 0.2) is 0 Å². The quantitative estimate of drug-likeness (QED) is 0.882. The Labute approximate surface area is 99.5 Å². The maximum atomic E-state index is 13.8. The van der Waals surface area contributed by atoms with Gasteiger partial charge in [-0.1, -0.05) is 11.6 Å². The molecule has 0 aromatic heterocycles. The van der Waals surface area contributed by atoms with Crippen molar-refractivity contribution in [2.75, 3.05) is 13.7 Å². The van der Waals surface area contributed by atoms with E-state index < -0.39 is 0 Å². The molecule has 0 heterocycles. The first-order valence-electron chi connectivity index (χ1n) is 5.30. The molecule has 0 bridgehead atoms. The third-order valence-electron chi connectivity index (χ3n) is 3.29. The normalized spacial score (nSPS) is 17.5. The highest BCUT2D eigenvalue weighted by atomic mass is 35.5. The lowest BCUT2D eigenvalue weighted by atomic mass is 9.95. The van der Waals surface area contributed by atoms with Crippen LogP contribution in [0.4, 0.5) is 4.39 Å². The number of hydrogen-bond acceptors (Lipinski definition) is 2. The molecular formula is C12H15ClFNO. The van der Waals surface area contributed by atoms with Crippen LogP contribution in [0.3, 0.4) is 0 Å². The van der Waals surface area contributed by atoms with E-state index in [0.717, 1.165) is 18.4 Å². The fraction of sp³-hybridized carbons (Fsp3) is 0.500. The summed E-state index contributed by atoms with van der Waals surface area (Å²) in [6.07, 6.45) is 2.03. The molecular weight excluding hydrogens is 229 g/mol. The highest BCUT2D eigenvalue weighted by Gasteiger charge is 2.43. The summed E-state index contributed by atoms with van der Waals surface area (Å²) in [5, 5.41) is 0.427. The minimum atomic E-state index is -0.302. The molecule has 1 saturated carbocycles. The van der Waals surface area contributed by atoms with Gasteiger partial charge in [-0.25, -0.2) is 4.39 Å². The Kier molecular flexibility index (Phi) is 3.19. The summed E-state index contributed by atoms with van der Waals surface area (Å²) in [5.74, 6) is -0.302. The third kappa shape index (κ3) is 1.95. The number of methoxy groups -OCH3 is 1. The van der Waals surface area contributed by atoms with Gasteiger partial charge in [0.1, 0.15) is 5.82 Å². The van der Waals surface area contributed by atoms with Crippen LogP contribution in [0.15, 0.2) is 12.1 Å². The maximum Gasteiger partial charge on any atom is 0.130 e. The molecule has 0 radical (unpaired) electrons. The Morgan fingerprint density at radius 3 is 2.62 bits per heavy atom. The predicted octanol–water partition coefficient (Wildman–Crippen LogP) is 2.62. The largest absolute Gasteiger partial charge is 0.380 e. The van der Waals surface area contributed by atoms with Crippen LogP contribution in [-0.2, 0) is 16.8 Å². The molecule has 1 aromatic carbocycles. The second-order valence-electron chi connectivity index (χ2n) is 4.34. The molecule has 1 aliphatic carbocycles. The number of nitrogens with two attached hydrogens (primary N) is 1. The van der Waals surface area contributed by atoms with Gasteiger partial charge in [0.2, 0.25) is 0 Å². The lowest BCUT2D eigenvalue weighted by Crippen LogP contribution is -2.20. The SMILES string of the molecule is COCc1c(F)cc(C2(CN)CC2)cc1Cl. The molecule has 2 N–H and O–H groups in total. The fourth-order valence-corrected chi connectivity index (χ4v) is 2.22. The van der Waals surface area contributed by atoms with Crippen LogP contribution < -0.4 is 5.73 Å². The topological polar surface area (TPSA) is 35.2 Å². The molecule has 1 aromatic rings. The van der Waals surface area contributed by atoms with Gasteiger partial charge >= 0.3 is 0 Å². The van der Waals surface area contributed by atoms with Crippen LogP contribution in [0.5, 0.6) is 0 Å². The first kappa shape index (κ1) is 11.8. The lowest BCUT2D eigenvalue weighted by molar-refractivity contribution is 0.181. The first-order valence-corrected chi connectivity index (χ1v) is 5.68. The van der Waals surface area contributed by atoms with Crippen LogP contribution in [-0.4, -0.2) is 13.7 Å². The van der Waals surface area contributed by atoms with Crippen LogP contribution in [0, 0.1) is 5.82 Å². The smallest absolute Gasteiger partial charge is 0.130 e. The highest BCUT2D eigenvalue weighted by Crippen LogP contribution is 2.48. The summed E-state index contributed by atoms with van der Waals surface area (Å²) in [6, 6.07) is 3.36. The number of halogens is 2. The highest BCUT2D eigenvalue weighted by molar-refractivity contribution is 6.31. The van der Waals surface area contributed by atoms with Gasteiger partial charge < -0.3 is 10.5 Å². The molecule has 0 unspecified atom stereocenters. The zero-order valence-electron chi connectivity index (χ0n) is 9.22. The molecule has 16 heavy (non-hydrogen) atoms. The number of rotatable bonds is 4. The van der Waals surface area contributed by atoms with Gasteiger partial charge in [-0.2, -0.15) is 0 Å². The van der Waals surface area contributed by atoms with Crippen molar-refractivity contribution in [3.05, 3.63) is 34.1 Å². The Balaban J connectivity index is 2.37. The van der Waals surface area contributed by atoms with E-state index in [9.17, 15) is 4.39 Å². The van der Waals surface area contributed by atoms with Crippen molar-refractivity contribution in [1.82, 2.24) is 0 Å². The molecule has 2 nitrogen and oxygen atoms in total. The Hall–Kier alpha value is -0.640. The monoisotopic (exact) mass is 243 g/mol. The Morgan fingerprint density at radius 1 is 1.50 bits per heavy atom. The zero-order valence-corrected chi connectivity index (χ0v) is 9.98. The van der Waals surface area contributed by atoms with E-state index in [1.807, 2.05) is 6.07 Å². The molecule has 0 saturated heterocycles. The summed E-state index contributed by atoms with van der Waals surface area (Å²) in [5.41, 5.74) is 7.01. The Bertz CT molecular complexity index is 381. The van der Waals surface area contributed by atoms with E-state index in [1.165, 1.54) is 7.11 Å². The number of hydrogen-bond donors (Lipinski definition) is 1. The predicted molar refractivity (Wildman–Crippen MR) is 62.1 cm³/mol. The molecule has 1 aliphatic rings. The lowest BCUT2D eigenvalue weighted by Gasteiger charge is -2.15. The van der Waals surface area contributed by atoms with Gasteiger partial charge in [-0.05, 0) is 30.5 Å². The van der Waals surface area contributed by atoms with Crippen molar-refractivity contribution in [3.63, 3.8) is 0 Å². The van der Waals surface area contributed by atoms with Gasteiger partial charge in [0.25, 0.3) is 0 Å². The molecule has 4 heteroatoms. The number of benzene rings is 1. The third-order valence-corrected chi connectivity index (χ3v) is 3.62. The van der Waals surface area contributed by atoms with Gasteiger partial charge in [0, 0.05) is 29.7 Å². The average molecular weight is 244 g/mol. The van der Waals surface area contributed by atoms with E-state index >= 15 is 0 Å². The summed E-state index contributed by atoms with van der Waals surface area (Å²) in [7, 11) is 1.52. The van der Waals surface area contributed by atoms with Crippen LogP contribution in [0.2, 0.25) is 5.02 Å². The molecule has 88 valence electrons. The summed E-state index contributed by atoms with van der Waals surface area (Å²) < 4.78 is 18.7. The molecule has 0 atom stereocenters. The van der Waals surface area contributed by atoms with Crippen LogP contribution in [0.1, 0.15) is 24.0 Å². The van der Waals surface area contributed by atoms with E-state index in [0.29, 0.717) is 17.1 Å². The van der Waals surface area contributed by atoms with Crippen molar-refractivity contribution in [3.8, 4) is 0 Å². The minimum Gasteiger partial charge on any atom is -0.380 e. The summed E-state index contributed by atoms with van der Waals surface area (Å²) >= 11 is 6.04. The van der Waals surface area contributed by atoms with E-state index in [4.69, 9.17) is 22.1 Å². The van der Waals surface area contributed by atoms with Gasteiger partial charge in [0.05, 0.1) is 6.61 Å². The van der Waals surface area contributed by atoms with Crippen molar-refractivity contribution in [2.45, 2.75) is 24.9 Å². The van der Waals surface area contributed by atoms with E-state index in [-0.39, 0.29) is 17.8 Å². The molecule has 0 spiro atoms. The second-order valence-corrected chi connectivity index (χ2v) is 4.74. The van der Waals surface area contributed by atoms with Crippen molar-refractivity contribution in [2.24, 2.45) is 5.73 Å². The molecule has 0 amide bonds. The fourth-order valence-electron chi connectivity index (χ4n) is 1.95. The van der Waals surface area contributed by atoms with Crippen molar-refractivity contribution >= 4 is 11.6 Å². The van der Waals surface area contributed by atoms with Gasteiger partial charge in [-0.3, -0.25) is 0 Å². The van der Waals surface area contributed by atoms with Crippen molar-refractivity contribution in [1.29, 1.82) is 0 Å². The maximum absolute atomic E-state index is 13.8. The van der Waals surface area contributed by atoms with E-state index in [2.05, 4.69) is 0 Å². The van der Waals surface area contributed by atoms with Crippen LogP contribution >= 0.6 is 11.6 Å². The van der Waals surface area contributed by atoms with E-state index in [1.54, 1.807) is 6.07 Å². The van der Waals surface area contributed by atoms with Gasteiger partial charge in [-0.15, -0.1) is 0 Å². The minimum absolute atomic E-state index is 0.0317. The summed E-state index contributed by atoms with van der Waals surface area (Å²) in [4.78, 5) is 0. The zero-order chi connectivity index (χ0) is 11.8. The second kappa shape index (κ2) is 4.32. The Morgan fingerprint density at radius 2 is 2.19 bits per heavy atom. The first-order chi connectivity index (χ1) is 7.63.